The summed E-state index contributed by atoms with van der Waals surface area (Å²) in [7, 11) is 1.57. The lowest BCUT2D eigenvalue weighted by Gasteiger charge is -2.05. The monoisotopic (exact) mass is 207 g/mol. The summed E-state index contributed by atoms with van der Waals surface area (Å²) in [5.41, 5.74) is -1.41. The van der Waals surface area contributed by atoms with E-state index in [1.165, 1.54) is 5.32 Å². The lowest BCUT2D eigenvalue weighted by atomic mass is 10.2. The van der Waals surface area contributed by atoms with E-state index in [1.54, 1.807) is 14.0 Å². The van der Waals surface area contributed by atoms with Crippen LogP contribution in [0.4, 0.5) is 8.78 Å². The number of quaternary nitrogens is 1. The summed E-state index contributed by atoms with van der Waals surface area (Å²) in [5, 5.41) is 8.38. The number of rotatable bonds is 5. The standard InChI is InChI=1S/C8H12F2N2O2/c1-3-14-8(13)5(4-12-2)6(11)7(9)10/h4,7,11-12H,3H2,1-2H3/p+1/b5-4+,11-6?. The van der Waals surface area contributed by atoms with Gasteiger partial charge >= 0.3 is 5.97 Å². The lowest BCUT2D eigenvalue weighted by Crippen LogP contribution is -2.73. The Balaban J connectivity index is 4.69. The number of ether oxygens (including phenoxy) is 1. The smallest absolute Gasteiger partial charge is 0.345 e. The number of esters is 1. The molecule has 6 heteroatoms. The minimum Gasteiger partial charge on any atom is -0.462 e. The molecule has 0 aliphatic heterocycles. The molecule has 0 saturated heterocycles. The van der Waals surface area contributed by atoms with Crippen molar-refractivity contribution in [2.24, 2.45) is 0 Å². The lowest BCUT2D eigenvalue weighted by molar-refractivity contribution is -0.556. The maximum atomic E-state index is 12.1. The van der Waals surface area contributed by atoms with Gasteiger partial charge in [0.1, 0.15) is 17.5 Å². The zero-order chi connectivity index (χ0) is 11.1. The first-order valence-electron chi connectivity index (χ1n) is 4.08. The number of alkyl halides is 2. The highest BCUT2D eigenvalue weighted by Crippen LogP contribution is 2.06. The Kier molecular flexibility index (Phi) is 5.62. The zero-order valence-corrected chi connectivity index (χ0v) is 8.01. The van der Waals surface area contributed by atoms with Crippen molar-refractivity contribution in [2.75, 3.05) is 13.7 Å². The van der Waals surface area contributed by atoms with E-state index in [9.17, 15) is 13.6 Å². The summed E-state index contributed by atoms with van der Waals surface area (Å²) in [4.78, 5) is 11.1. The number of hydrogen-bond acceptors (Lipinski definition) is 3. The van der Waals surface area contributed by atoms with Crippen LogP contribution in [0, 0.1) is 5.41 Å². The Hall–Kier alpha value is -1.30. The van der Waals surface area contributed by atoms with Crippen LogP contribution in [0.25, 0.3) is 0 Å². The van der Waals surface area contributed by atoms with E-state index in [-0.39, 0.29) is 6.61 Å². The summed E-state index contributed by atoms with van der Waals surface area (Å²) in [5.74, 6) is -0.893. The van der Waals surface area contributed by atoms with Crippen molar-refractivity contribution in [2.45, 2.75) is 13.3 Å². The van der Waals surface area contributed by atoms with Gasteiger partial charge in [-0.05, 0) is 6.92 Å². The van der Waals surface area contributed by atoms with Crippen molar-refractivity contribution in [3.05, 3.63) is 11.8 Å². The molecule has 0 heterocycles. The molecule has 0 fully saturated rings. The first-order valence-corrected chi connectivity index (χ1v) is 4.08. The zero-order valence-electron chi connectivity index (χ0n) is 8.01. The molecule has 0 spiro atoms. The molecule has 0 rings (SSSR count). The van der Waals surface area contributed by atoms with E-state index < -0.39 is 23.7 Å². The maximum Gasteiger partial charge on any atom is 0.345 e. The number of hydrogen-bond donors (Lipinski definition) is 2. The van der Waals surface area contributed by atoms with Crippen molar-refractivity contribution in [3.63, 3.8) is 0 Å². The molecule has 3 N–H and O–H groups in total. The fraction of sp³-hybridized carbons (Fsp3) is 0.500. The van der Waals surface area contributed by atoms with Gasteiger partial charge in [0.2, 0.25) is 0 Å². The quantitative estimate of drug-likeness (QED) is 0.376. The van der Waals surface area contributed by atoms with Crippen LogP contribution in [0.3, 0.4) is 0 Å². The molecular formula is C8H13F2N2O2+. The summed E-state index contributed by atoms with van der Waals surface area (Å²) in [6.45, 7) is 1.66. The Morgan fingerprint density at radius 3 is 2.57 bits per heavy atom. The van der Waals surface area contributed by atoms with Gasteiger partial charge in [-0.3, -0.25) is 5.41 Å². The molecule has 0 radical (unpaired) electrons. The Morgan fingerprint density at radius 1 is 1.64 bits per heavy atom. The van der Waals surface area contributed by atoms with Gasteiger partial charge in [-0.1, -0.05) is 0 Å². The SMILES string of the molecule is CCOC(=O)/C(=C/[NH2+]C)C(=N)C(F)F. The largest absolute Gasteiger partial charge is 0.462 e. The van der Waals surface area contributed by atoms with Crippen LogP contribution in [0.5, 0.6) is 0 Å². The minimum absolute atomic E-state index is 0.0937. The van der Waals surface area contributed by atoms with Gasteiger partial charge in [0, 0.05) is 0 Å². The second-order valence-electron chi connectivity index (χ2n) is 2.35. The molecule has 0 aromatic carbocycles. The second-order valence-corrected chi connectivity index (χ2v) is 2.35. The van der Waals surface area contributed by atoms with E-state index in [1.807, 2.05) is 0 Å². The van der Waals surface area contributed by atoms with Crippen LogP contribution < -0.4 is 5.32 Å². The first kappa shape index (κ1) is 12.7. The van der Waals surface area contributed by atoms with Gasteiger partial charge in [0.15, 0.2) is 0 Å². The molecule has 0 amide bonds. The van der Waals surface area contributed by atoms with Gasteiger partial charge < -0.3 is 10.1 Å². The van der Waals surface area contributed by atoms with E-state index >= 15 is 0 Å². The minimum atomic E-state index is -2.97. The molecular weight excluding hydrogens is 194 g/mol. The summed E-state index contributed by atoms with van der Waals surface area (Å²) < 4.78 is 28.8. The molecule has 0 aromatic heterocycles. The number of carbonyl (C=O) groups is 1. The van der Waals surface area contributed by atoms with Gasteiger partial charge in [-0.2, -0.15) is 0 Å². The van der Waals surface area contributed by atoms with E-state index in [4.69, 9.17) is 5.41 Å². The van der Waals surface area contributed by atoms with E-state index in [2.05, 4.69) is 4.74 Å². The summed E-state index contributed by atoms with van der Waals surface area (Å²) >= 11 is 0. The fourth-order valence-electron chi connectivity index (χ4n) is 0.761. The van der Waals surface area contributed by atoms with Crippen LogP contribution in [0.2, 0.25) is 0 Å². The van der Waals surface area contributed by atoms with Gasteiger partial charge in [0.05, 0.1) is 13.7 Å². The molecule has 0 aliphatic rings. The predicted molar refractivity (Wildman–Crippen MR) is 46.3 cm³/mol. The van der Waals surface area contributed by atoms with Gasteiger partial charge in [-0.25, -0.2) is 13.6 Å². The predicted octanol–water partition coefficient (Wildman–Crippen LogP) is -0.0885. The molecule has 80 valence electrons. The van der Waals surface area contributed by atoms with Crippen molar-refractivity contribution in [1.29, 1.82) is 5.41 Å². The molecule has 0 aromatic rings. The number of carbonyl (C=O) groups excluding carboxylic acids is 1. The van der Waals surface area contributed by atoms with Crippen LogP contribution >= 0.6 is 0 Å². The third-order valence-corrected chi connectivity index (χ3v) is 1.34. The van der Waals surface area contributed by atoms with Crippen molar-refractivity contribution >= 4 is 11.7 Å². The molecule has 14 heavy (non-hydrogen) atoms. The summed E-state index contributed by atoms with van der Waals surface area (Å²) in [6, 6.07) is 0. The Bertz CT molecular complexity index is 252. The Morgan fingerprint density at radius 2 is 2.21 bits per heavy atom. The topological polar surface area (TPSA) is 66.8 Å². The van der Waals surface area contributed by atoms with Crippen molar-refractivity contribution in [1.82, 2.24) is 0 Å². The van der Waals surface area contributed by atoms with E-state index in [0.717, 1.165) is 6.20 Å². The maximum absolute atomic E-state index is 12.1. The summed E-state index contributed by atoms with van der Waals surface area (Å²) in [6.07, 6.45) is -1.82. The molecule has 0 bridgehead atoms. The molecule has 0 saturated carbocycles. The average Bonchev–Trinajstić information content (AvgIpc) is 2.13. The van der Waals surface area contributed by atoms with Crippen LogP contribution in [-0.4, -0.2) is 31.8 Å². The molecule has 0 unspecified atom stereocenters. The third kappa shape index (κ3) is 3.61. The highest BCUT2D eigenvalue weighted by molar-refractivity contribution is 6.19. The molecule has 0 aliphatic carbocycles. The van der Waals surface area contributed by atoms with Crippen LogP contribution in [0.1, 0.15) is 6.92 Å². The molecule has 4 nitrogen and oxygen atoms in total. The number of nitrogens with two attached hydrogens (primary N) is 1. The fourth-order valence-corrected chi connectivity index (χ4v) is 0.761. The third-order valence-electron chi connectivity index (χ3n) is 1.34. The average molecular weight is 207 g/mol. The van der Waals surface area contributed by atoms with Gasteiger partial charge in [-0.15, -0.1) is 0 Å². The number of nitrogens with one attached hydrogen (secondary N) is 1. The van der Waals surface area contributed by atoms with Gasteiger partial charge in [0.25, 0.3) is 6.43 Å². The number of halogens is 2. The van der Waals surface area contributed by atoms with Crippen molar-refractivity contribution < 1.29 is 23.6 Å². The second kappa shape index (κ2) is 6.20. The Labute approximate surface area is 80.4 Å². The normalized spacial score (nSPS) is 11.6. The van der Waals surface area contributed by atoms with Crippen LogP contribution in [0.15, 0.2) is 11.8 Å². The highest BCUT2D eigenvalue weighted by Gasteiger charge is 2.24. The van der Waals surface area contributed by atoms with Crippen molar-refractivity contribution in [3.8, 4) is 0 Å². The molecule has 0 atom stereocenters. The van der Waals surface area contributed by atoms with E-state index in [0.29, 0.717) is 0 Å². The highest BCUT2D eigenvalue weighted by atomic mass is 19.3. The first-order chi connectivity index (χ1) is 6.54. The van der Waals surface area contributed by atoms with Crippen LogP contribution in [-0.2, 0) is 9.53 Å².